The molecule has 0 aliphatic carbocycles. The lowest BCUT2D eigenvalue weighted by Crippen LogP contribution is -2.44. The van der Waals surface area contributed by atoms with Gasteiger partial charge in [0.2, 0.25) is 0 Å². The molecule has 2 rings (SSSR count). The summed E-state index contributed by atoms with van der Waals surface area (Å²) >= 11 is 1.55. The Kier molecular flexibility index (Phi) is 5.33. The number of carboxylic acids is 1. The van der Waals surface area contributed by atoms with Gasteiger partial charge in [0.15, 0.2) is 0 Å². The van der Waals surface area contributed by atoms with Crippen LogP contribution in [0.25, 0.3) is 0 Å². The van der Waals surface area contributed by atoms with Gasteiger partial charge in [-0.2, -0.15) is 0 Å². The van der Waals surface area contributed by atoms with Gasteiger partial charge in [0.25, 0.3) is 0 Å². The van der Waals surface area contributed by atoms with Crippen LogP contribution in [-0.4, -0.2) is 55.4 Å². The van der Waals surface area contributed by atoms with Crippen molar-refractivity contribution >= 4 is 17.3 Å². The molecule has 1 atom stereocenters. The first-order chi connectivity index (χ1) is 9.13. The van der Waals surface area contributed by atoms with Crippen molar-refractivity contribution in [1.29, 1.82) is 0 Å². The summed E-state index contributed by atoms with van der Waals surface area (Å²) in [5, 5.41) is 12.1. The van der Waals surface area contributed by atoms with Gasteiger partial charge in [-0.1, -0.05) is 0 Å². The third-order valence-corrected chi connectivity index (χ3v) is 4.14. The predicted molar refractivity (Wildman–Crippen MR) is 74.6 cm³/mol. The summed E-state index contributed by atoms with van der Waals surface area (Å²) in [4.78, 5) is 14.9. The van der Waals surface area contributed by atoms with E-state index in [-0.39, 0.29) is 12.5 Å². The van der Waals surface area contributed by atoms with Crippen molar-refractivity contribution < 1.29 is 14.6 Å². The van der Waals surface area contributed by atoms with Crippen molar-refractivity contribution in [3.63, 3.8) is 0 Å². The van der Waals surface area contributed by atoms with E-state index in [9.17, 15) is 4.79 Å². The van der Waals surface area contributed by atoms with Crippen LogP contribution in [0.3, 0.4) is 0 Å². The number of thiophene rings is 1. The summed E-state index contributed by atoms with van der Waals surface area (Å²) < 4.78 is 5.67. The molecule has 0 saturated carbocycles. The van der Waals surface area contributed by atoms with Gasteiger partial charge >= 0.3 is 5.97 Å². The Morgan fingerprint density at radius 1 is 1.58 bits per heavy atom. The van der Waals surface area contributed by atoms with Gasteiger partial charge in [-0.15, -0.1) is 11.3 Å². The Hall–Kier alpha value is -0.950. The summed E-state index contributed by atoms with van der Waals surface area (Å²) in [5.41, 5.74) is 0. The molecular weight excluding hydrogens is 264 g/mol. The lowest BCUT2D eigenvalue weighted by molar-refractivity contribution is -0.136. The zero-order valence-electron chi connectivity index (χ0n) is 11.1. The van der Waals surface area contributed by atoms with E-state index in [1.807, 2.05) is 12.1 Å². The van der Waals surface area contributed by atoms with Gasteiger partial charge in [-0.05, 0) is 19.2 Å². The van der Waals surface area contributed by atoms with E-state index in [1.54, 1.807) is 11.3 Å². The number of rotatable bonds is 6. The van der Waals surface area contributed by atoms with Crippen LogP contribution < -0.4 is 5.32 Å². The van der Waals surface area contributed by atoms with E-state index in [0.717, 1.165) is 37.7 Å². The van der Waals surface area contributed by atoms with Crippen LogP contribution >= 0.6 is 11.3 Å². The first-order valence-corrected chi connectivity index (χ1v) is 7.25. The topological polar surface area (TPSA) is 61.8 Å². The van der Waals surface area contributed by atoms with Crippen LogP contribution in [0.2, 0.25) is 0 Å². The minimum Gasteiger partial charge on any atom is -0.481 e. The van der Waals surface area contributed by atoms with Crippen LogP contribution in [0.4, 0.5) is 0 Å². The highest BCUT2D eigenvalue weighted by atomic mass is 32.1. The molecule has 0 aromatic carbocycles. The fourth-order valence-electron chi connectivity index (χ4n) is 2.11. The number of hydrogen-bond acceptors (Lipinski definition) is 5. The molecule has 1 aromatic heterocycles. The SMILES string of the molecule is CN1CCOC(CNCc2ccc(CC(=O)O)s2)C1. The molecule has 1 unspecified atom stereocenters. The summed E-state index contributed by atoms with van der Waals surface area (Å²) in [7, 11) is 2.10. The summed E-state index contributed by atoms with van der Waals surface area (Å²) in [6, 6.07) is 3.88. The molecule has 1 aromatic rings. The van der Waals surface area contributed by atoms with E-state index >= 15 is 0 Å². The van der Waals surface area contributed by atoms with Gasteiger partial charge in [-0.3, -0.25) is 4.79 Å². The maximum absolute atomic E-state index is 10.6. The molecule has 1 saturated heterocycles. The fraction of sp³-hybridized carbons (Fsp3) is 0.615. The Morgan fingerprint density at radius 3 is 3.11 bits per heavy atom. The molecular formula is C13H20N2O3S. The second-order valence-electron chi connectivity index (χ2n) is 4.82. The Morgan fingerprint density at radius 2 is 2.37 bits per heavy atom. The van der Waals surface area contributed by atoms with E-state index in [1.165, 1.54) is 4.88 Å². The molecule has 0 radical (unpaired) electrons. The van der Waals surface area contributed by atoms with Crippen molar-refractivity contribution in [2.45, 2.75) is 19.1 Å². The van der Waals surface area contributed by atoms with Crippen LogP contribution in [0.15, 0.2) is 12.1 Å². The number of carboxylic acid groups (broad SMARTS) is 1. The number of morpholine rings is 1. The minimum atomic E-state index is -0.778. The third-order valence-electron chi connectivity index (χ3n) is 3.06. The van der Waals surface area contributed by atoms with Crippen molar-refractivity contribution in [3.8, 4) is 0 Å². The lowest BCUT2D eigenvalue weighted by atomic mass is 10.3. The number of likely N-dealkylation sites (N-methyl/N-ethyl adjacent to an activating group) is 1. The molecule has 5 nitrogen and oxygen atoms in total. The number of hydrogen-bond donors (Lipinski definition) is 2. The van der Waals surface area contributed by atoms with Gasteiger partial charge < -0.3 is 20.1 Å². The van der Waals surface area contributed by atoms with Crippen LogP contribution in [-0.2, 0) is 22.5 Å². The molecule has 6 heteroatoms. The molecule has 2 heterocycles. The molecule has 0 amide bonds. The van der Waals surface area contributed by atoms with Gasteiger partial charge in [-0.25, -0.2) is 0 Å². The van der Waals surface area contributed by atoms with Crippen LogP contribution in [0.5, 0.6) is 0 Å². The van der Waals surface area contributed by atoms with Crippen molar-refractivity contribution in [2.24, 2.45) is 0 Å². The molecule has 0 spiro atoms. The number of carbonyl (C=O) groups is 1. The molecule has 0 bridgehead atoms. The van der Waals surface area contributed by atoms with E-state index < -0.39 is 5.97 Å². The smallest absolute Gasteiger partial charge is 0.308 e. The number of nitrogens with zero attached hydrogens (tertiary/aromatic N) is 1. The summed E-state index contributed by atoms with van der Waals surface area (Å²) in [6.45, 7) is 4.36. The highest BCUT2D eigenvalue weighted by molar-refractivity contribution is 7.12. The van der Waals surface area contributed by atoms with Crippen molar-refractivity contribution in [2.75, 3.05) is 33.3 Å². The van der Waals surface area contributed by atoms with E-state index in [0.29, 0.717) is 0 Å². The Bertz CT molecular complexity index is 422. The normalized spacial score (nSPS) is 20.6. The maximum Gasteiger partial charge on any atom is 0.308 e. The first-order valence-electron chi connectivity index (χ1n) is 6.43. The second-order valence-corrected chi connectivity index (χ2v) is 6.08. The second kappa shape index (κ2) is 7.00. The number of aliphatic carboxylic acids is 1. The van der Waals surface area contributed by atoms with Gasteiger partial charge in [0, 0.05) is 35.9 Å². The average Bonchev–Trinajstić information content (AvgIpc) is 2.76. The molecule has 1 fully saturated rings. The lowest BCUT2D eigenvalue weighted by Gasteiger charge is -2.30. The standard InChI is InChI=1S/C13H20N2O3S/c1-15-4-5-18-10(9-15)7-14-8-12-3-2-11(19-12)6-13(16)17/h2-3,10,14H,4-9H2,1H3,(H,16,17). The molecule has 2 N–H and O–H groups in total. The van der Waals surface area contributed by atoms with Gasteiger partial charge in [0.05, 0.1) is 19.1 Å². The van der Waals surface area contributed by atoms with Crippen molar-refractivity contribution in [3.05, 3.63) is 21.9 Å². The van der Waals surface area contributed by atoms with Crippen molar-refractivity contribution in [1.82, 2.24) is 10.2 Å². The van der Waals surface area contributed by atoms with Crippen LogP contribution in [0, 0.1) is 0 Å². The third kappa shape index (κ3) is 4.91. The number of ether oxygens (including phenoxy) is 1. The Labute approximate surface area is 117 Å². The quantitative estimate of drug-likeness (QED) is 0.809. The summed E-state index contributed by atoms with van der Waals surface area (Å²) in [6.07, 6.45) is 0.360. The molecule has 1 aliphatic rings. The van der Waals surface area contributed by atoms with E-state index in [2.05, 4.69) is 17.3 Å². The predicted octanol–water partition coefficient (Wildman–Crippen LogP) is 0.795. The molecule has 1 aliphatic heterocycles. The highest BCUT2D eigenvalue weighted by Crippen LogP contribution is 2.16. The zero-order valence-corrected chi connectivity index (χ0v) is 11.9. The first kappa shape index (κ1) is 14.5. The fourth-order valence-corrected chi connectivity index (χ4v) is 3.09. The van der Waals surface area contributed by atoms with Crippen LogP contribution in [0.1, 0.15) is 9.75 Å². The average molecular weight is 284 g/mol. The maximum atomic E-state index is 10.6. The van der Waals surface area contributed by atoms with Gasteiger partial charge in [0.1, 0.15) is 0 Å². The summed E-state index contributed by atoms with van der Waals surface area (Å²) in [5.74, 6) is -0.778. The zero-order chi connectivity index (χ0) is 13.7. The molecule has 106 valence electrons. The molecule has 19 heavy (non-hydrogen) atoms. The largest absolute Gasteiger partial charge is 0.481 e. The highest BCUT2D eigenvalue weighted by Gasteiger charge is 2.16. The minimum absolute atomic E-state index is 0.112. The van der Waals surface area contributed by atoms with E-state index in [4.69, 9.17) is 9.84 Å². The Balaban J connectivity index is 1.70. The monoisotopic (exact) mass is 284 g/mol. The number of nitrogens with one attached hydrogen (secondary N) is 1.